The minimum absolute atomic E-state index is 0.669. The summed E-state index contributed by atoms with van der Waals surface area (Å²) in [6.45, 7) is 4.78. The Labute approximate surface area is 171 Å². The Balaban J connectivity index is 1.44. The van der Waals surface area contributed by atoms with Crippen LogP contribution in [0.5, 0.6) is 0 Å². The van der Waals surface area contributed by atoms with Gasteiger partial charge in [0, 0.05) is 67.0 Å². The zero-order valence-electron chi connectivity index (χ0n) is 15.7. The first-order valence-corrected chi connectivity index (χ1v) is 9.97. The zero-order chi connectivity index (χ0) is 19.3. The van der Waals surface area contributed by atoms with Crippen molar-refractivity contribution in [1.82, 2.24) is 9.88 Å². The first-order valence-electron chi connectivity index (χ1n) is 9.59. The molecule has 0 amide bonds. The molecule has 1 aliphatic heterocycles. The van der Waals surface area contributed by atoms with Gasteiger partial charge in [0.25, 0.3) is 0 Å². The molecule has 0 aliphatic carbocycles. The van der Waals surface area contributed by atoms with E-state index in [0.717, 1.165) is 54.6 Å². The lowest BCUT2D eigenvalue weighted by atomic mass is 10.00. The van der Waals surface area contributed by atoms with Crippen LogP contribution < -0.4 is 4.90 Å². The molecule has 0 saturated carbocycles. The fourth-order valence-electron chi connectivity index (χ4n) is 3.72. The van der Waals surface area contributed by atoms with Crippen LogP contribution in [0.2, 0.25) is 5.02 Å². The van der Waals surface area contributed by atoms with E-state index in [1.165, 1.54) is 5.56 Å². The number of nitrogens with zero attached hydrogens (tertiary/aromatic N) is 3. The molecule has 1 N–H and O–H groups in total. The lowest BCUT2D eigenvalue weighted by Crippen LogP contribution is -2.46. The quantitative estimate of drug-likeness (QED) is 0.707. The second kappa shape index (κ2) is 8.74. The monoisotopic (exact) mass is 393 g/mol. The SMILES string of the molecule is O[C@@H](c1cccnc1)c1ccccc1N1CCN(Cc2ccc(Cl)cc2)CC1. The summed E-state index contributed by atoms with van der Waals surface area (Å²) in [6, 6.07) is 20.0. The van der Waals surface area contributed by atoms with E-state index in [4.69, 9.17) is 11.6 Å². The van der Waals surface area contributed by atoms with Gasteiger partial charge in [-0.05, 0) is 29.8 Å². The summed E-state index contributed by atoms with van der Waals surface area (Å²) in [7, 11) is 0. The molecule has 2 heterocycles. The minimum Gasteiger partial charge on any atom is -0.384 e. The molecule has 0 spiro atoms. The number of aliphatic hydroxyl groups is 1. The number of rotatable bonds is 5. The highest BCUT2D eigenvalue weighted by atomic mass is 35.5. The van der Waals surface area contributed by atoms with Crippen molar-refractivity contribution in [3.63, 3.8) is 0 Å². The van der Waals surface area contributed by atoms with Crippen LogP contribution in [0.25, 0.3) is 0 Å². The number of para-hydroxylation sites is 1. The summed E-state index contributed by atoms with van der Waals surface area (Å²) in [4.78, 5) is 8.97. The molecule has 1 fully saturated rings. The second-order valence-electron chi connectivity index (χ2n) is 7.14. The molecule has 0 unspecified atom stereocenters. The maximum atomic E-state index is 10.9. The van der Waals surface area contributed by atoms with Crippen LogP contribution >= 0.6 is 11.6 Å². The largest absolute Gasteiger partial charge is 0.384 e. The number of halogens is 1. The molecule has 28 heavy (non-hydrogen) atoms. The molecular formula is C23H24ClN3O. The molecule has 1 aromatic heterocycles. The molecule has 1 atom stereocenters. The van der Waals surface area contributed by atoms with E-state index in [0.29, 0.717) is 0 Å². The predicted octanol–water partition coefficient (Wildman–Crippen LogP) is 4.14. The molecule has 1 aliphatic rings. The van der Waals surface area contributed by atoms with Gasteiger partial charge in [-0.15, -0.1) is 0 Å². The highest BCUT2D eigenvalue weighted by molar-refractivity contribution is 6.30. The first kappa shape index (κ1) is 18.9. The van der Waals surface area contributed by atoms with E-state index in [1.807, 2.05) is 42.5 Å². The van der Waals surface area contributed by atoms with Gasteiger partial charge in [-0.25, -0.2) is 0 Å². The molecule has 0 bridgehead atoms. The lowest BCUT2D eigenvalue weighted by Gasteiger charge is -2.37. The summed E-state index contributed by atoms with van der Waals surface area (Å²) in [6.07, 6.45) is 2.78. The Bertz CT molecular complexity index is 893. The third-order valence-corrected chi connectivity index (χ3v) is 5.52. The molecule has 4 nitrogen and oxygen atoms in total. The van der Waals surface area contributed by atoms with Crippen molar-refractivity contribution < 1.29 is 5.11 Å². The van der Waals surface area contributed by atoms with Crippen molar-refractivity contribution in [2.75, 3.05) is 31.1 Å². The normalized spacial score (nSPS) is 16.1. The van der Waals surface area contributed by atoms with Crippen LogP contribution in [0.3, 0.4) is 0 Å². The van der Waals surface area contributed by atoms with Gasteiger partial charge in [-0.1, -0.05) is 48.0 Å². The highest BCUT2D eigenvalue weighted by Crippen LogP contribution is 2.31. The maximum Gasteiger partial charge on any atom is 0.108 e. The van der Waals surface area contributed by atoms with Crippen LogP contribution in [0, 0.1) is 0 Å². The average Bonchev–Trinajstić information content (AvgIpc) is 2.76. The van der Waals surface area contributed by atoms with Crippen molar-refractivity contribution in [1.29, 1.82) is 0 Å². The zero-order valence-corrected chi connectivity index (χ0v) is 16.5. The van der Waals surface area contributed by atoms with E-state index >= 15 is 0 Å². The first-order chi connectivity index (χ1) is 13.7. The molecule has 3 aromatic rings. The van der Waals surface area contributed by atoms with Gasteiger partial charge in [-0.3, -0.25) is 9.88 Å². The fourth-order valence-corrected chi connectivity index (χ4v) is 3.84. The smallest absolute Gasteiger partial charge is 0.108 e. The number of aliphatic hydroxyl groups excluding tert-OH is 1. The van der Waals surface area contributed by atoms with Crippen LogP contribution in [-0.2, 0) is 6.54 Å². The Kier molecular flexibility index (Phi) is 5.91. The van der Waals surface area contributed by atoms with Crippen molar-refractivity contribution in [2.45, 2.75) is 12.6 Å². The van der Waals surface area contributed by atoms with E-state index in [-0.39, 0.29) is 0 Å². The van der Waals surface area contributed by atoms with Crippen LogP contribution in [0.15, 0.2) is 73.1 Å². The maximum absolute atomic E-state index is 10.9. The molecule has 0 radical (unpaired) electrons. The topological polar surface area (TPSA) is 39.6 Å². The summed E-state index contributed by atoms with van der Waals surface area (Å²) in [5.41, 5.74) is 4.13. The second-order valence-corrected chi connectivity index (χ2v) is 7.57. The number of hydrogen-bond donors (Lipinski definition) is 1. The third-order valence-electron chi connectivity index (χ3n) is 5.26. The van der Waals surface area contributed by atoms with Gasteiger partial charge >= 0.3 is 0 Å². The van der Waals surface area contributed by atoms with Crippen molar-refractivity contribution in [2.24, 2.45) is 0 Å². The van der Waals surface area contributed by atoms with Gasteiger partial charge in [0.2, 0.25) is 0 Å². The van der Waals surface area contributed by atoms with E-state index in [9.17, 15) is 5.11 Å². The van der Waals surface area contributed by atoms with E-state index < -0.39 is 6.10 Å². The van der Waals surface area contributed by atoms with Crippen LogP contribution in [-0.4, -0.2) is 41.2 Å². The Morgan fingerprint density at radius 3 is 2.39 bits per heavy atom. The number of benzene rings is 2. The van der Waals surface area contributed by atoms with Crippen LogP contribution in [0.4, 0.5) is 5.69 Å². The summed E-state index contributed by atoms with van der Waals surface area (Å²) in [5, 5.41) is 11.7. The molecule has 1 saturated heterocycles. The lowest BCUT2D eigenvalue weighted by molar-refractivity contribution is 0.218. The summed E-state index contributed by atoms with van der Waals surface area (Å²) < 4.78 is 0. The van der Waals surface area contributed by atoms with E-state index in [2.05, 4.69) is 33.0 Å². The van der Waals surface area contributed by atoms with Gasteiger partial charge < -0.3 is 10.0 Å². The highest BCUT2D eigenvalue weighted by Gasteiger charge is 2.22. The van der Waals surface area contributed by atoms with Gasteiger partial charge in [0.1, 0.15) is 6.10 Å². The third kappa shape index (κ3) is 4.36. The molecule has 144 valence electrons. The van der Waals surface area contributed by atoms with Crippen LogP contribution in [0.1, 0.15) is 22.8 Å². The molecule has 4 rings (SSSR count). The standard InChI is InChI=1S/C23H24ClN3O/c24-20-9-7-18(8-10-20)17-26-12-14-27(15-13-26)22-6-2-1-5-21(22)23(28)19-4-3-11-25-16-19/h1-11,16,23,28H,12-15,17H2/t23-/m0/s1. The Morgan fingerprint density at radius 1 is 0.929 bits per heavy atom. The molecule has 2 aromatic carbocycles. The Hall–Kier alpha value is -2.40. The van der Waals surface area contributed by atoms with E-state index in [1.54, 1.807) is 12.4 Å². The van der Waals surface area contributed by atoms with Gasteiger partial charge in [0.15, 0.2) is 0 Å². The van der Waals surface area contributed by atoms with Crippen molar-refractivity contribution >= 4 is 17.3 Å². The predicted molar refractivity (Wildman–Crippen MR) is 114 cm³/mol. The van der Waals surface area contributed by atoms with Crippen molar-refractivity contribution in [3.05, 3.63) is 94.8 Å². The average molecular weight is 394 g/mol. The number of pyridine rings is 1. The minimum atomic E-state index is -0.669. The number of anilines is 1. The summed E-state index contributed by atoms with van der Waals surface area (Å²) >= 11 is 5.98. The van der Waals surface area contributed by atoms with Crippen molar-refractivity contribution in [3.8, 4) is 0 Å². The number of hydrogen-bond acceptors (Lipinski definition) is 4. The molecule has 5 heteroatoms. The Morgan fingerprint density at radius 2 is 1.68 bits per heavy atom. The molecular weight excluding hydrogens is 370 g/mol. The van der Waals surface area contributed by atoms with Gasteiger partial charge in [0.05, 0.1) is 0 Å². The fraction of sp³-hybridized carbons (Fsp3) is 0.261. The van der Waals surface area contributed by atoms with Gasteiger partial charge in [-0.2, -0.15) is 0 Å². The summed E-state index contributed by atoms with van der Waals surface area (Å²) in [5.74, 6) is 0. The number of aromatic nitrogens is 1. The number of piperazine rings is 1.